The molecule has 0 aliphatic carbocycles. The maximum absolute atomic E-state index is 12.3. The molecule has 0 aliphatic rings. The first-order valence-electron chi connectivity index (χ1n) is 6.97. The van der Waals surface area contributed by atoms with E-state index >= 15 is 0 Å². The Balaban J connectivity index is 2.95. The summed E-state index contributed by atoms with van der Waals surface area (Å²) >= 11 is 0. The number of amides is 1. The topological polar surface area (TPSA) is 94.1 Å². The van der Waals surface area contributed by atoms with Gasteiger partial charge in [0.15, 0.2) is 0 Å². The Kier molecular flexibility index (Phi) is 7.62. The first-order valence-corrected chi connectivity index (χ1v) is 6.97. The molecule has 1 unspecified atom stereocenters. The van der Waals surface area contributed by atoms with Crippen LogP contribution >= 0.6 is 0 Å². The number of methoxy groups -OCH3 is 2. The number of rotatable bonds is 10. The van der Waals surface area contributed by atoms with E-state index in [1.165, 1.54) is 20.3 Å². The van der Waals surface area contributed by atoms with E-state index in [1.54, 1.807) is 18.2 Å². The van der Waals surface area contributed by atoms with Gasteiger partial charge in [-0.2, -0.15) is 0 Å². The minimum atomic E-state index is -1.13. The van der Waals surface area contributed by atoms with Crippen molar-refractivity contribution in [2.24, 2.45) is 0 Å². The molecular formula is C16H21NO6. The average Bonchev–Trinajstić information content (AvgIpc) is 2.55. The maximum Gasteiger partial charge on any atom is 0.326 e. The molecule has 7 heteroatoms. The lowest BCUT2D eigenvalue weighted by Crippen LogP contribution is -2.41. The van der Waals surface area contributed by atoms with Crippen molar-refractivity contribution in [3.05, 3.63) is 36.4 Å². The highest BCUT2D eigenvalue weighted by Gasteiger charge is 2.22. The molecule has 0 saturated carbocycles. The molecule has 1 amide bonds. The summed E-state index contributed by atoms with van der Waals surface area (Å²) in [7, 11) is 2.96. The highest BCUT2D eigenvalue weighted by atomic mass is 16.5. The SMILES string of the molecule is C=CCOc1cc(OC)ccc1C(=O)NC(CCOC)C(=O)O. The average molecular weight is 323 g/mol. The molecule has 0 spiro atoms. The molecule has 1 atom stereocenters. The van der Waals surface area contributed by atoms with Gasteiger partial charge >= 0.3 is 5.97 Å². The molecule has 1 aromatic carbocycles. The van der Waals surface area contributed by atoms with E-state index in [1.807, 2.05) is 0 Å². The summed E-state index contributed by atoms with van der Waals surface area (Å²) in [6.07, 6.45) is 1.70. The molecule has 23 heavy (non-hydrogen) atoms. The Labute approximate surface area is 134 Å². The minimum absolute atomic E-state index is 0.163. The maximum atomic E-state index is 12.3. The van der Waals surface area contributed by atoms with Crippen LogP contribution in [0.2, 0.25) is 0 Å². The van der Waals surface area contributed by atoms with Crippen LogP contribution in [0.1, 0.15) is 16.8 Å². The highest BCUT2D eigenvalue weighted by molar-refractivity contribution is 5.99. The van der Waals surface area contributed by atoms with Crippen molar-refractivity contribution in [3.63, 3.8) is 0 Å². The Morgan fingerprint density at radius 1 is 1.39 bits per heavy atom. The second kappa shape index (κ2) is 9.47. The Bertz CT molecular complexity index is 558. The third-order valence-corrected chi connectivity index (χ3v) is 3.00. The lowest BCUT2D eigenvalue weighted by atomic mass is 10.1. The lowest BCUT2D eigenvalue weighted by molar-refractivity contribution is -0.139. The molecule has 0 heterocycles. The zero-order valence-electron chi connectivity index (χ0n) is 13.2. The minimum Gasteiger partial charge on any atom is -0.497 e. The Morgan fingerprint density at radius 2 is 2.13 bits per heavy atom. The van der Waals surface area contributed by atoms with Crippen molar-refractivity contribution in [2.75, 3.05) is 27.4 Å². The molecule has 0 aliphatic heterocycles. The molecule has 0 saturated heterocycles. The molecule has 1 rings (SSSR count). The Morgan fingerprint density at radius 3 is 2.70 bits per heavy atom. The zero-order valence-corrected chi connectivity index (χ0v) is 13.2. The van der Waals surface area contributed by atoms with E-state index < -0.39 is 17.9 Å². The van der Waals surface area contributed by atoms with Gasteiger partial charge in [0.05, 0.1) is 12.7 Å². The predicted octanol–water partition coefficient (Wildman–Crippen LogP) is 1.48. The van der Waals surface area contributed by atoms with Crippen LogP contribution in [0.3, 0.4) is 0 Å². The van der Waals surface area contributed by atoms with Crippen LogP contribution in [0.5, 0.6) is 11.5 Å². The van der Waals surface area contributed by atoms with Crippen molar-refractivity contribution in [2.45, 2.75) is 12.5 Å². The van der Waals surface area contributed by atoms with Gasteiger partial charge in [-0.1, -0.05) is 12.7 Å². The summed E-state index contributed by atoms with van der Waals surface area (Å²) in [4.78, 5) is 23.5. The molecule has 126 valence electrons. The van der Waals surface area contributed by atoms with Crippen LogP contribution in [0.15, 0.2) is 30.9 Å². The highest BCUT2D eigenvalue weighted by Crippen LogP contribution is 2.25. The molecule has 7 nitrogen and oxygen atoms in total. The number of hydrogen-bond acceptors (Lipinski definition) is 5. The summed E-state index contributed by atoms with van der Waals surface area (Å²) in [6, 6.07) is 3.63. The second-order valence-electron chi connectivity index (χ2n) is 4.61. The number of hydrogen-bond donors (Lipinski definition) is 2. The zero-order chi connectivity index (χ0) is 17.2. The van der Waals surface area contributed by atoms with Gasteiger partial charge in [-0.3, -0.25) is 4.79 Å². The van der Waals surface area contributed by atoms with E-state index in [-0.39, 0.29) is 30.9 Å². The fourth-order valence-electron chi connectivity index (χ4n) is 1.81. The first kappa shape index (κ1) is 18.5. The van der Waals surface area contributed by atoms with Crippen LogP contribution in [0, 0.1) is 0 Å². The van der Waals surface area contributed by atoms with Crippen molar-refractivity contribution < 1.29 is 28.9 Å². The van der Waals surface area contributed by atoms with Gasteiger partial charge in [0.25, 0.3) is 5.91 Å². The number of aliphatic carboxylic acids is 1. The van der Waals surface area contributed by atoms with E-state index in [2.05, 4.69) is 11.9 Å². The van der Waals surface area contributed by atoms with Gasteiger partial charge < -0.3 is 24.6 Å². The van der Waals surface area contributed by atoms with Crippen LogP contribution in [-0.2, 0) is 9.53 Å². The van der Waals surface area contributed by atoms with Crippen molar-refractivity contribution in [1.82, 2.24) is 5.32 Å². The molecule has 0 fully saturated rings. The number of carboxylic acids is 1. The third-order valence-electron chi connectivity index (χ3n) is 3.00. The van der Waals surface area contributed by atoms with Crippen molar-refractivity contribution in [3.8, 4) is 11.5 Å². The summed E-state index contributed by atoms with van der Waals surface area (Å²) in [5.74, 6) is -0.861. The van der Waals surface area contributed by atoms with Gasteiger partial charge in [-0.05, 0) is 12.1 Å². The first-order chi connectivity index (χ1) is 11.0. The quantitative estimate of drug-likeness (QED) is 0.633. The van der Waals surface area contributed by atoms with Crippen molar-refractivity contribution >= 4 is 11.9 Å². The summed E-state index contributed by atoms with van der Waals surface area (Å²) < 4.78 is 15.4. The number of nitrogens with one attached hydrogen (secondary N) is 1. The molecule has 0 aromatic heterocycles. The summed E-state index contributed by atoms with van der Waals surface area (Å²) in [5.41, 5.74) is 0.219. The fourth-order valence-corrected chi connectivity index (χ4v) is 1.81. The van der Waals surface area contributed by atoms with E-state index in [9.17, 15) is 9.59 Å². The third kappa shape index (κ3) is 5.63. The molecule has 2 N–H and O–H groups in total. The number of benzene rings is 1. The number of carbonyl (C=O) groups is 2. The van der Waals surface area contributed by atoms with Gasteiger partial charge in [0.1, 0.15) is 24.1 Å². The second-order valence-corrected chi connectivity index (χ2v) is 4.61. The van der Waals surface area contributed by atoms with Gasteiger partial charge in [0, 0.05) is 26.2 Å². The smallest absolute Gasteiger partial charge is 0.326 e. The van der Waals surface area contributed by atoms with Crippen LogP contribution in [0.4, 0.5) is 0 Å². The normalized spacial score (nSPS) is 11.4. The van der Waals surface area contributed by atoms with Gasteiger partial charge in [-0.15, -0.1) is 0 Å². The van der Waals surface area contributed by atoms with Crippen LogP contribution in [0.25, 0.3) is 0 Å². The van der Waals surface area contributed by atoms with Gasteiger partial charge in [-0.25, -0.2) is 4.79 Å². The standard InChI is InChI=1S/C16H21NO6/c1-4-8-23-14-10-11(22-3)5-6-12(14)15(18)17-13(16(19)20)7-9-21-2/h4-6,10,13H,1,7-9H2,2-3H3,(H,17,18)(H,19,20). The largest absolute Gasteiger partial charge is 0.497 e. The molecule has 1 aromatic rings. The van der Waals surface area contributed by atoms with Crippen molar-refractivity contribution in [1.29, 1.82) is 0 Å². The van der Waals surface area contributed by atoms with Crippen LogP contribution < -0.4 is 14.8 Å². The molecule has 0 bridgehead atoms. The Hall–Kier alpha value is -2.54. The van der Waals surface area contributed by atoms with E-state index in [0.29, 0.717) is 5.75 Å². The van der Waals surface area contributed by atoms with Crippen LogP contribution in [-0.4, -0.2) is 50.5 Å². The van der Waals surface area contributed by atoms with Gasteiger partial charge in [0.2, 0.25) is 0 Å². The number of ether oxygens (including phenoxy) is 3. The monoisotopic (exact) mass is 323 g/mol. The predicted molar refractivity (Wildman–Crippen MR) is 84.1 cm³/mol. The number of carbonyl (C=O) groups excluding carboxylic acids is 1. The van der Waals surface area contributed by atoms with E-state index in [0.717, 1.165) is 0 Å². The summed E-state index contributed by atoms with van der Waals surface area (Å²) in [5, 5.41) is 11.6. The molecular weight excluding hydrogens is 302 g/mol. The number of carboxylic acid groups (broad SMARTS) is 1. The lowest BCUT2D eigenvalue weighted by Gasteiger charge is -2.16. The molecule has 0 radical (unpaired) electrons. The fraction of sp³-hybridized carbons (Fsp3) is 0.375. The van der Waals surface area contributed by atoms with E-state index in [4.69, 9.17) is 19.3 Å². The summed E-state index contributed by atoms with van der Waals surface area (Å²) in [6.45, 7) is 3.98.